The van der Waals surface area contributed by atoms with Crippen molar-refractivity contribution in [2.75, 3.05) is 59.2 Å². The lowest BCUT2D eigenvalue weighted by atomic mass is 10.2. The van der Waals surface area contributed by atoms with Crippen LogP contribution in [0.2, 0.25) is 0 Å². The van der Waals surface area contributed by atoms with Gasteiger partial charge in [0, 0.05) is 26.2 Å². The van der Waals surface area contributed by atoms with Crippen LogP contribution in [0.15, 0.2) is 0 Å². The molecule has 120 valence electrons. The van der Waals surface area contributed by atoms with Gasteiger partial charge in [0.2, 0.25) is 0 Å². The Morgan fingerprint density at radius 3 is 2.90 bits per heavy atom. The highest BCUT2D eigenvalue weighted by Gasteiger charge is 2.19. The van der Waals surface area contributed by atoms with Crippen molar-refractivity contribution in [1.82, 2.24) is 14.5 Å². The molecule has 1 aliphatic heterocycles. The SMILES string of the molecule is CC(C)CN(C)CCCN1CCO[C@H](CNS(C)=S)C1. The van der Waals surface area contributed by atoms with Crippen LogP contribution >= 0.6 is 0 Å². The van der Waals surface area contributed by atoms with Crippen LogP contribution in [0.5, 0.6) is 0 Å². The van der Waals surface area contributed by atoms with Crippen LogP contribution in [0.4, 0.5) is 0 Å². The summed E-state index contributed by atoms with van der Waals surface area (Å²) in [6, 6.07) is 0. The molecule has 1 fully saturated rings. The van der Waals surface area contributed by atoms with Crippen molar-refractivity contribution in [2.24, 2.45) is 5.92 Å². The molecule has 0 radical (unpaired) electrons. The summed E-state index contributed by atoms with van der Waals surface area (Å²) in [5, 5.41) is 0. The van der Waals surface area contributed by atoms with Crippen LogP contribution in [-0.2, 0) is 25.6 Å². The maximum Gasteiger partial charge on any atom is 0.0836 e. The fourth-order valence-corrected chi connectivity index (χ4v) is 3.22. The second-order valence-corrected chi connectivity index (χ2v) is 8.80. The molecular weight excluding hydrogens is 290 g/mol. The average molecular weight is 322 g/mol. The first-order chi connectivity index (χ1) is 9.47. The minimum Gasteiger partial charge on any atom is -0.374 e. The summed E-state index contributed by atoms with van der Waals surface area (Å²) in [5.41, 5.74) is 0. The van der Waals surface area contributed by atoms with E-state index in [9.17, 15) is 0 Å². The Kier molecular flexibility index (Phi) is 9.40. The van der Waals surface area contributed by atoms with E-state index < -0.39 is 0 Å². The molecule has 0 aromatic rings. The van der Waals surface area contributed by atoms with Gasteiger partial charge in [0.25, 0.3) is 0 Å². The maximum atomic E-state index is 5.78. The highest BCUT2D eigenvalue weighted by atomic mass is 32.8. The molecule has 0 aliphatic carbocycles. The van der Waals surface area contributed by atoms with Gasteiger partial charge < -0.3 is 9.64 Å². The van der Waals surface area contributed by atoms with Crippen molar-refractivity contribution < 1.29 is 4.74 Å². The quantitative estimate of drug-likeness (QED) is 0.681. The van der Waals surface area contributed by atoms with Crippen LogP contribution < -0.4 is 4.72 Å². The number of hydrogen-bond acceptors (Lipinski definition) is 4. The molecule has 4 nitrogen and oxygen atoms in total. The fraction of sp³-hybridized carbons (Fsp3) is 1.00. The summed E-state index contributed by atoms with van der Waals surface area (Å²) in [6.07, 6.45) is 3.57. The van der Waals surface area contributed by atoms with E-state index >= 15 is 0 Å². The molecule has 1 rings (SSSR count). The number of rotatable bonds is 9. The molecule has 0 aromatic carbocycles. The van der Waals surface area contributed by atoms with Gasteiger partial charge in [-0.3, -0.25) is 9.62 Å². The van der Waals surface area contributed by atoms with Crippen LogP contribution in [0.25, 0.3) is 0 Å². The lowest BCUT2D eigenvalue weighted by Gasteiger charge is -2.33. The van der Waals surface area contributed by atoms with Crippen LogP contribution in [0, 0.1) is 5.92 Å². The van der Waals surface area contributed by atoms with E-state index in [1.807, 2.05) is 6.26 Å². The summed E-state index contributed by atoms with van der Waals surface area (Å²) < 4.78 is 9.10. The standard InChI is InChI=1S/C14H31N3OS2/c1-13(2)11-16(3)6-5-7-17-8-9-18-14(12-17)10-15-20(4)19/h13-15H,5-12H2,1-4H3/t14-,20?/m1/s1. The van der Waals surface area contributed by atoms with Crippen LogP contribution in [0.3, 0.4) is 0 Å². The first-order valence-electron chi connectivity index (χ1n) is 7.56. The number of nitrogens with zero attached hydrogens (tertiary/aromatic N) is 2. The van der Waals surface area contributed by atoms with E-state index in [-0.39, 0.29) is 9.64 Å². The van der Waals surface area contributed by atoms with Gasteiger partial charge in [0.15, 0.2) is 0 Å². The third-order valence-electron chi connectivity index (χ3n) is 3.43. The van der Waals surface area contributed by atoms with Crippen molar-refractivity contribution in [3.05, 3.63) is 0 Å². The molecule has 20 heavy (non-hydrogen) atoms. The van der Waals surface area contributed by atoms with Crippen molar-refractivity contribution in [3.63, 3.8) is 0 Å². The summed E-state index contributed by atoms with van der Waals surface area (Å²) >= 11 is 5.15. The monoisotopic (exact) mass is 321 g/mol. The zero-order valence-corrected chi connectivity index (χ0v) is 15.1. The molecule has 1 N–H and O–H groups in total. The third-order valence-corrected chi connectivity index (χ3v) is 4.35. The first-order valence-corrected chi connectivity index (χ1v) is 10.1. The van der Waals surface area contributed by atoms with E-state index in [0.29, 0.717) is 6.10 Å². The fourth-order valence-electron chi connectivity index (χ4n) is 2.60. The van der Waals surface area contributed by atoms with Gasteiger partial charge in [0.05, 0.1) is 12.7 Å². The molecule has 0 aromatic heterocycles. The molecule has 0 amide bonds. The number of ether oxygens (including phenoxy) is 1. The third kappa shape index (κ3) is 8.64. The molecule has 2 atom stereocenters. The van der Waals surface area contributed by atoms with Gasteiger partial charge >= 0.3 is 0 Å². The molecule has 1 saturated heterocycles. The molecule has 6 heteroatoms. The van der Waals surface area contributed by atoms with Gasteiger partial charge in [0.1, 0.15) is 0 Å². The normalized spacial score (nSPS) is 22.6. The zero-order valence-electron chi connectivity index (χ0n) is 13.4. The predicted octanol–water partition coefficient (Wildman–Crippen LogP) is 0.880. The first kappa shape index (κ1) is 18.5. The lowest BCUT2D eigenvalue weighted by molar-refractivity contribution is -0.0252. The van der Waals surface area contributed by atoms with E-state index in [4.69, 9.17) is 15.9 Å². The van der Waals surface area contributed by atoms with Crippen molar-refractivity contribution in [2.45, 2.75) is 26.4 Å². The van der Waals surface area contributed by atoms with Crippen molar-refractivity contribution >= 4 is 20.8 Å². The predicted molar refractivity (Wildman–Crippen MR) is 91.8 cm³/mol. The van der Waals surface area contributed by atoms with Crippen molar-refractivity contribution in [1.29, 1.82) is 0 Å². The Bertz CT molecular complexity index is 290. The Hall–Kier alpha value is 0.410. The zero-order chi connectivity index (χ0) is 15.0. The van der Waals surface area contributed by atoms with Gasteiger partial charge in [-0.05, 0) is 49.9 Å². The molecule has 1 aliphatic rings. The second-order valence-electron chi connectivity index (χ2n) is 6.11. The van der Waals surface area contributed by atoms with Crippen LogP contribution in [-0.4, -0.2) is 75.1 Å². The molecule has 0 spiro atoms. The lowest BCUT2D eigenvalue weighted by Crippen LogP contribution is -2.47. The smallest absolute Gasteiger partial charge is 0.0836 e. The largest absolute Gasteiger partial charge is 0.374 e. The van der Waals surface area contributed by atoms with Crippen molar-refractivity contribution in [3.8, 4) is 0 Å². The number of nitrogens with one attached hydrogen (secondary N) is 1. The average Bonchev–Trinajstić information content (AvgIpc) is 2.36. The van der Waals surface area contributed by atoms with E-state index in [1.165, 1.54) is 26.1 Å². The minimum absolute atomic E-state index is 0.118. The van der Waals surface area contributed by atoms with Gasteiger partial charge in [-0.1, -0.05) is 23.5 Å². The number of morpholine rings is 1. The Labute approximate surface area is 131 Å². The highest BCUT2D eigenvalue weighted by Crippen LogP contribution is 2.06. The Balaban J connectivity index is 2.15. The van der Waals surface area contributed by atoms with E-state index in [1.54, 1.807) is 0 Å². The summed E-state index contributed by atoms with van der Waals surface area (Å²) in [5.74, 6) is 0.750. The van der Waals surface area contributed by atoms with E-state index in [2.05, 4.69) is 35.4 Å². The molecule has 0 saturated carbocycles. The number of hydrogen-bond donors (Lipinski definition) is 1. The summed E-state index contributed by atoms with van der Waals surface area (Å²) in [6.45, 7) is 11.9. The maximum absolute atomic E-state index is 5.78. The minimum atomic E-state index is -0.118. The van der Waals surface area contributed by atoms with E-state index in [0.717, 1.165) is 32.2 Å². The summed E-state index contributed by atoms with van der Waals surface area (Å²) in [7, 11) is 2.10. The summed E-state index contributed by atoms with van der Waals surface area (Å²) in [4.78, 5) is 4.96. The molecular formula is C14H31N3OS2. The molecule has 0 bridgehead atoms. The topological polar surface area (TPSA) is 27.7 Å². The van der Waals surface area contributed by atoms with Crippen LogP contribution in [0.1, 0.15) is 20.3 Å². The van der Waals surface area contributed by atoms with Gasteiger partial charge in [-0.15, -0.1) is 0 Å². The highest BCUT2D eigenvalue weighted by molar-refractivity contribution is 8.27. The van der Waals surface area contributed by atoms with Gasteiger partial charge in [-0.2, -0.15) is 0 Å². The molecule has 1 unspecified atom stereocenters. The Morgan fingerprint density at radius 2 is 2.25 bits per heavy atom. The second kappa shape index (κ2) is 10.2. The Morgan fingerprint density at radius 1 is 1.50 bits per heavy atom. The van der Waals surface area contributed by atoms with Gasteiger partial charge in [-0.25, -0.2) is 0 Å². The molecule has 1 heterocycles.